The predicted octanol–water partition coefficient (Wildman–Crippen LogP) is 1.90. The first-order valence-electron chi connectivity index (χ1n) is 5.62. The number of likely N-dealkylation sites (tertiary alicyclic amines) is 1. The molecule has 2 aliphatic rings. The molecule has 0 N–H and O–H groups in total. The van der Waals surface area contributed by atoms with E-state index in [0.29, 0.717) is 5.54 Å². The Balaban J connectivity index is 2.15. The SMILES string of the molecule is CCN1CCCCC12COCC2C. The molecule has 0 aromatic heterocycles. The molecule has 2 nitrogen and oxygen atoms in total. The molecule has 76 valence electrons. The molecule has 0 aromatic carbocycles. The number of rotatable bonds is 1. The molecule has 2 fully saturated rings. The van der Waals surface area contributed by atoms with Gasteiger partial charge in [-0.25, -0.2) is 0 Å². The van der Waals surface area contributed by atoms with Gasteiger partial charge in [0.15, 0.2) is 0 Å². The second-order valence-corrected chi connectivity index (χ2v) is 4.56. The van der Waals surface area contributed by atoms with E-state index in [0.717, 1.165) is 19.1 Å². The van der Waals surface area contributed by atoms with Gasteiger partial charge in [-0.3, -0.25) is 4.90 Å². The Morgan fingerprint density at radius 3 is 2.92 bits per heavy atom. The molecule has 2 atom stereocenters. The summed E-state index contributed by atoms with van der Waals surface area (Å²) in [7, 11) is 0. The highest BCUT2D eigenvalue weighted by Crippen LogP contribution is 2.38. The minimum atomic E-state index is 0.410. The fourth-order valence-electron chi connectivity index (χ4n) is 3.02. The summed E-state index contributed by atoms with van der Waals surface area (Å²) in [6, 6.07) is 0. The van der Waals surface area contributed by atoms with E-state index in [1.165, 1.54) is 32.4 Å². The molecule has 1 spiro atoms. The number of hydrogen-bond donors (Lipinski definition) is 0. The van der Waals surface area contributed by atoms with Crippen molar-refractivity contribution in [2.24, 2.45) is 5.92 Å². The summed E-state index contributed by atoms with van der Waals surface area (Å²) >= 11 is 0. The van der Waals surface area contributed by atoms with Crippen LogP contribution >= 0.6 is 0 Å². The van der Waals surface area contributed by atoms with Crippen molar-refractivity contribution in [1.82, 2.24) is 4.90 Å². The quantitative estimate of drug-likeness (QED) is 0.615. The molecular weight excluding hydrogens is 162 g/mol. The summed E-state index contributed by atoms with van der Waals surface area (Å²) in [5.74, 6) is 0.729. The zero-order valence-corrected chi connectivity index (χ0v) is 8.88. The van der Waals surface area contributed by atoms with Gasteiger partial charge < -0.3 is 4.74 Å². The lowest BCUT2D eigenvalue weighted by atomic mass is 9.79. The number of nitrogens with zero attached hydrogens (tertiary/aromatic N) is 1. The number of ether oxygens (including phenoxy) is 1. The third kappa shape index (κ3) is 1.40. The Kier molecular flexibility index (Phi) is 2.61. The second kappa shape index (κ2) is 3.58. The van der Waals surface area contributed by atoms with E-state index in [9.17, 15) is 0 Å². The van der Waals surface area contributed by atoms with Crippen LogP contribution in [0.4, 0.5) is 0 Å². The molecule has 2 unspecified atom stereocenters. The van der Waals surface area contributed by atoms with Crippen molar-refractivity contribution in [2.75, 3.05) is 26.3 Å². The van der Waals surface area contributed by atoms with Crippen LogP contribution in [-0.2, 0) is 4.74 Å². The lowest BCUT2D eigenvalue weighted by Crippen LogP contribution is -2.55. The standard InChI is InChI=1S/C11H21NO/c1-3-12-7-5-4-6-11(12)9-13-8-10(11)2/h10H,3-9H2,1-2H3. The van der Waals surface area contributed by atoms with Gasteiger partial charge in [-0.2, -0.15) is 0 Å². The maximum Gasteiger partial charge on any atom is 0.0654 e. The van der Waals surface area contributed by atoms with Crippen molar-refractivity contribution in [1.29, 1.82) is 0 Å². The summed E-state index contributed by atoms with van der Waals surface area (Å²) in [6.07, 6.45) is 4.12. The van der Waals surface area contributed by atoms with Crippen LogP contribution in [-0.4, -0.2) is 36.7 Å². The van der Waals surface area contributed by atoms with Crippen molar-refractivity contribution in [3.05, 3.63) is 0 Å². The minimum absolute atomic E-state index is 0.410. The van der Waals surface area contributed by atoms with Crippen LogP contribution in [0.3, 0.4) is 0 Å². The fraction of sp³-hybridized carbons (Fsp3) is 1.00. The first-order chi connectivity index (χ1) is 6.29. The normalized spacial score (nSPS) is 41.5. The summed E-state index contributed by atoms with van der Waals surface area (Å²) in [6.45, 7) is 9.04. The highest BCUT2D eigenvalue weighted by molar-refractivity contribution is 5.00. The summed E-state index contributed by atoms with van der Waals surface area (Å²) in [4.78, 5) is 2.65. The molecule has 2 saturated heterocycles. The molecule has 0 saturated carbocycles. The Bertz CT molecular complexity index is 183. The average Bonchev–Trinajstić information content (AvgIpc) is 2.50. The monoisotopic (exact) mass is 183 g/mol. The molecule has 0 aliphatic carbocycles. The molecule has 2 heteroatoms. The highest BCUT2D eigenvalue weighted by Gasteiger charge is 2.46. The third-order valence-corrected chi connectivity index (χ3v) is 3.94. The van der Waals surface area contributed by atoms with Crippen molar-refractivity contribution in [3.63, 3.8) is 0 Å². The van der Waals surface area contributed by atoms with Gasteiger partial charge in [-0.1, -0.05) is 20.3 Å². The van der Waals surface area contributed by atoms with Gasteiger partial charge >= 0.3 is 0 Å². The molecule has 2 rings (SSSR count). The molecule has 2 heterocycles. The molecule has 13 heavy (non-hydrogen) atoms. The Morgan fingerprint density at radius 2 is 2.31 bits per heavy atom. The molecule has 0 amide bonds. The van der Waals surface area contributed by atoms with Gasteiger partial charge in [0.25, 0.3) is 0 Å². The van der Waals surface area contributed by atoms with E-state index >= 15 is 0 Å². The lowest BCUT2D eigenvalue weighted by molar-refractivity contribution is 0.0205. The van der Waals surface area contributed by atoms with Crippen LogP contribution in [0.2, 0.25) is 0 Å². The summed E-state index contributed by atoms with van der Waals surface area (Å²) in [5, 5.41) is 0. The average molecular weight is 183 g/mol. The van der Waals surface area contributed by atoms with Crippen LogP contribution in [0.5, 0.6) is 0 Å². The Morgan fingerprint density at radius 1 is 1.46 bits per heavy atom. The topological polar surface area (TPSA) is 12.5 Å². The fourth-order valence-corrected chi connectivity index (χ4v) is 3.02. The first kappa shape index (κ1) is 9.47. The Labute approximate surface area is 81.3 Å². The zero-order chi connectivity index (χ0) is 9.31. The van der Waals surface area contributed by atoms with Gasteiger partial charge in [-0.05, 0) is 25.9 Å². The molecule has 0 radical (unpaired) electrons. The summed E-state index contributed by atoms with van der Waals surface area (Å²) in [5.41, 5.74) is 0.410. The van der Waals surface area contributed by atoms with Crippen molar-refractivity contribution in [3.8, 4) is 0 Å². The molecule has 0 bridgehead atoms. The van der Waals surface area contributed by atoms with Crippen molar-refractivity contribution < 1.29 is 4.74 Å². The highest BCUT2D eigenvalue weighted by atomic mass is 16.5. The first-order valence-corrected chi connectivity index (χ1v) is 5.62. The van der Waals surface area contributed by atoms with Gasteiger partial charge in [0, 0.05) is 11.5 Å². The van der Waals surface area contributed by atoms with Gasteiger partial charge in [0.1, 0.15) is 0 Å². The second-order valence-electron chi connectivity index (χ2n) is 4.56. The van der Waals surface area contributed by atoms with Crippen LogP contribution < -0.4 is 0 Å². The van der Waals surface area contributed by atoms with Crippen LogP contribution in [0.25, 0.3) is 0 Å². The lowest BCUT2D eigenvalue weighted by Gasteiger charge is -2.46. The number of piperidine rings is 1. The smallest absolute Gasteiger partial charge is 0.0654 e. The van der Waals surface area contributed by atoms with E-state index in [1.807, 2.05) is 0 Å². The van der Waals surface area contributed by atoms with Crippen LogP contribution in [0.1, 0.15) is 33.1 Å². The van der Waals surface area contributed by atoms with Gasteiger partial charge in [0.2, 0.25) is 0 Å². The van der Waals surface area contributed by atoms with E-state index in [1.54, 1.807) is 0 Å². The van der Waals surface area contributed by atoms with Gasteiger partial charge in [-0.15, -0.1) is 0 Å². The van der Waals surface area contributed by atoms with Crippen LogP contribution in [0.15, 0.2) is 0 Å². The number of hydrogen-bond acceptors (Lipinski definition) is 2. The largest absolute Gasteiger partial charge is 0.379 e. The van der Waals surface area contributed by atoms with Crippen molar-refractivity contribution >= 4 is 0 Å². The van der Waals surface area contributed by atoms with Crippen LogP contribution in [0, 0.1) is 5.92 Å². The summed E-state index contributed by atoms with van der Waals surface area (Å²) < 4.78 is 5.64. The van der Waals surface area contributed by atoms with Crippen molar-refractivity contribution in [2.45, 2.75) is 38.6 Å². The molecule has 2 aliphatic heterocycles. The van der Waals surface area contributed by atoms with E-state index in [2.05, 4.69) is 18.7 Å². The zero-order valence-electron chi connectivity index (χ0n) is 8.88. The predicted molar refractivity (Wildman–Crippen MR) is 53.8 cm³/mol. The molecular formula is C11H21NO. The molecule has 0 aromatic rings. The van der Waals surface area contributed by atoms with Gasteiger partial charge in [0.05, 0.1) is 13.2 Å². The Hall–Kier alpha value is -0.0800. The third-order valence-electron chi connectivity index (χ3n) is 3.94. The minimum Gasteiger partial charge on any atom is -0.379 e. The van der Waals surface area contributed by atoms with E-state index in [-0.39, 0.29) is 0 Å². The number of likely N-dealkylation sites (N-methyl/N-ethyl adjacent to an activating group) is 1. The maximum atomic E-state index is 5.64. The van der Waals surface area contributed by atoms with E-state index < -0.39 is 0 Å². The maximum absolute atomic E-state index is 5.64. The van der Waals surface area contributed by atoms with E-state index in [4.69, 9.17) is 4.74 Å².